The van der Waals surface area contributed by atoms with E-state index < -0.39 is 26.6 Å². The van der Waals surface area contributed by atoms with E-state index in [0.717, 1.165) is 25.0 Å². The molecule has 1 aliphatic carbocycles. The van der Waals surface area contributed by atoms with Crippen LogP contribution in [-0.2, 0) is 16.6 Å². The summed E-state index contributed by atoms with van der Waals surface area (Å²) in [6.07, 6.45) is 1.56. The third kappa shape index (κ3) is 2.84. The predicted octanol–water partition coefficient (Wildman–Crippen LogP) is 1.86. The lowest BCUT2D eigenvalue weighted by Crippen LogP contribution is -2.30. The number of nitrogens with one attached hydrogen (secondary N) is 1. The Morgan fingerprint density at radius 2 is 2.00 bits per heavy atom. The summed E-state index contributed by atoms with van der Waals surface area (Å²) >= 11 is 0. The molecule has 0 aromatic heterocycles. The van der Waals surface area contributed by atoms with Crippen LogP contribution in [0.5, 0.6) is 0 Å². The molecule has 4 nitrogen and oxygen atoms in total. The van der Waals surface area contributed by atoms with Crippen molar-refractivity contribution in [2.45, 2.75) is 37.2 Å². The lowest BCUT2D eigenvalue weighted by atomic mass is 10.2. The molecule has 0 radical (unpaired) electrons. The maximum absolute atomic E-state index is 14.3. The lowest BCUT2D eigenvalue weighted by molar-refractivity contribution is 0.453. The lowest BCUT2D eigenvalue weighted by Gasteiger charge is -2.18. The van der Waals surface area contributed by atoms with E-state index in [1.807, 2.05) is 0 Å². The molecular formula is C13H18F2N2O2S. The second-order valence-corrected chi connectivity index (χ2v) is 6.84. The Hall–Kier alpha value is -1.05. The second-order valence-electron chi connectivity index (χ2n) is 4.87. The van der Waals surface area contributed by atoms with Gasteiger partial charge < -0.3 is 5.32 Å². The fourth-order valence-electron chi connectivity index (χ4n) is 1.98. The molecule has 2 rings (SSSR count). The van der Waals surface area contributed by atoms with Crippen LogP contribution in [-0.4, -0.2) is 32.4 Å². The summed E-state index contributed by atoms with van der Waals surface area (Å²) in [5, 5.41) is 2.80. The monoisotopic (exact) mass is 304 g/mol. The Bertz CT molecular complexity index is 601. The van der Waals surface area contributed by atoms with Crippen molar-refractivity contribution in [3.8, 4) is 0 Å². The fourth-order valence-corrected chi connectivity index (χ4v) is 3.48. The van der Waals surface area contributed by atoms with Gasteiger partial charge in [0.15, 0.2) is 5.82 Å². The normalized spacial score (nSPS) is 15.8. The molecule has 1 aromatic rings. The highest BCUT2D eigenvalue weighted by atomic mass is 32.2. The summed E-state index contributed by atoms with van der Waals surface area (Å²) in [6, 6.07) is 1.93. The second kappa shape index (κ2) is 5.75. The van der Waals surface area contributed by atoms with Crippen LogP contribution in [0.3, 0.4) is 0 Å². The average molecular weight is 304 g/mol. The summed E-state index contributed by atoms with van der Waals surface area (Å²) < 4.78 is 53.7. The van der Waals surface area contributed by atoms with Gasteiger partial charge in [0.25, 0.3) is 0 Å². The van der Waals surface area contributed by atoms with Crippen molar-refractivity contribution in [2.75, 3.05) is 13.6 Å². The molecule has 7 heteroatoms. The molecule has 1 saturated carbocycles. The molecule has 0 saturated heterocycles. The molecule has 1 aliphatic rings. The Kier molecular flexibility index (Phi) is 4.41. The van der Waals surface area contributed by atoms with E-state index >= 15 is 0 Å². The zero-order valence-electron chi connectivity index (χ0n) is 11.5. The number of benzene rings is 1. The Balaban J connectivity index is 2.41. The molecule has 1 fully saturated rings. The zero-order valence-corrected chi connectivity index (χ0v) is 12.3. The Morgan fingerprint density at radius 1 is 1.35 bits per heavy atom. The van der Waals surface area contributed by atoms with Crippen molar-refractivity contribution in [3.63, 3.8) is 0 Å². The van der Waals surface area contributed by atoms with Crippen molar-refractivity contribution in [1.29, 1.82) is 0 Å². The molecule has 1 aromatic carbocycles. The van der Waals surface area contributed by atoms with Gasteiger partial charge in [0.2, 0.25) is 10.0 Å². The summed E-state index contributed by atoms with van der Waals surface area (Å²) in [7, 11) is -2.48. The van der Waals surface area contributed by atoms with Gasteiger partial charge in [0.05, 0.1) is 0 Å². The van der Waals surface area contributed by atoms with E-state index in [0.29, 0.717) is 6.54 Å². The van der Waals surface area contributed by atoms with E-state index in [2.05, 4.69) is 5.32 Å². The smallest absolute Gasteiger partial charge is 0.245 e. The zero-order chi connectivity index (χ0) is 14.9. The topological polar surface area (TPSA) is 49.4 Å². The van der Waals surface area contributed by atoms with Crippen LogP contribution in [0, 0.1) is 11.6 Å². The Morgan fingerprint density at radius 3 is 2.55 bits per heavy atom. The molecule has 1 N–H and O–H groups in total. The molecule has 0 spiro atoms. The van der Waals surface area contributed by atoms with Gasteiger partial charge in [-0.3, -0.25) is 0 Å². The van der Waals surface area contributed by atoms with Gasteiger partial charge in [0.1, 0.15) is 10.7 Å². The van der Waals surface area contributed by atoms with Crippen molar-refractivity contribution in [1.82, 2.24) is 9.62 Å². The van der Waals surface area contributed by atoms with Gasteiger partial charge in [-0.05, 0) is 31.5 Å². The third-order valence-electron chi connectivity index (χ3n) is 3.42. The highest BCUT2D eigenvalue weighted by Gasteiger charge is 2.37. The van der Waals surface area contributed by atoms with Crippen LogP contribution < -0.4 is 5.32 Å². The van der Waals surface area contributed by atoms with Crippen LogP contribution in [0.2, 0.25) is 0 Å². The quantitative estimate of drug-likeness (QED) is 0.872. The molecule has 0 unspecified atom stereocenters. The maximum atomic E-state index is 14.3. The average Bonchev–Trinajstić information content (AvgIpc) is 3.21. The van der Waals surface area contributed by atoms with Crippen molar-refractivity contribution < 1.29 is 17.2 Å². The molecule has 0 atom stereocenters. The summed E-state index contributed by atoms with van der Waals surface area (Å²) in [6.45, 7) is 2.31. The largest absolute Gasteiger partial charge is 0.313 e. The predicted molar refractivity (Wildman–Crippen MR) is 71.7 cm³/mol. The minimum atomic E-state index is -3.91. The van der Waals surface area contributed by atoms with Crippen molar-refractivity contribution in [3.05, 3.63) is 29.3 Å². The molecule has 112 valence electrons. The van der Waals surface area contributed by atoms with Crippen LogP contribution in [0.15, 0.2) is 17.0 Å². The molecule has 20 heavy (non-hydrogen) atoms. The minimum absolute atomic E-state index is 0.0370. The molecule has 0 amide bonds. The van der Waals surface area contributed by atoms with Gasteiger partial charge >= 0.3 is 0 Å². The molecule has 0 bridgehead atoms. The first-order chi connectivity index (χ1) is 9.39. The number of halogens is 2. The maximum Gasteiger partial charge on any atom is 0.245 e. The summed E-state index contributed by atoms with van der Waals surface area (Å²) in [5.41, 5.74) is -0.239. The first kappa shape index (κ1) is 15.3. The van der Waals surface area contributed by atoms with E-state index in [1.165, 1.54) is 11.4 Å². The Labute approximate surface area is 117 Å². The van der Waals surface area contributed by atoms with Crippen LogP contribution in [0.25, 0.3) is 0 Å². The fraction of sp³-hybridized carbons (Fsp3) is 0.538. The minimum Gasteiger partial charge on any atom is -0.313 e. The molecule has 0 aliphatic heterocycles. The van der Waals surface area contributed by atoms with E-state index in [4.69, 9.17) is 0 Å². The van der Waals surface area contributed by atoms with Gasteiger partial charge in [-0.2, -0.15) is 4.31 Å². The highest BCUT2D eigenvalue weighted by Crippen LogP contribution is 2.32. The first-order valence-electron chi connectivity index (χ1n) is 6.55. The third-order valence-corrected chi connectivity index (χ3v) is 5.35. The van der Waals surface area contributed by atoms with E-state index in [-0.39, 0.29) is 18.2 Å². The van der Waals surface area contributed by atoms with E-state index in [9.17, 15) is 17.2 Å². The van der Waals surface area contributed by atoms with Gasteiger partial charge in [-0.15, -0.1) is 0 Å². The number of sulfonamides is 1. The van der Waals surface area contributed by atoms with Crippen molar-refractivity contribution >= 4 is 10.0 Å². The van der Waals surface area contributed by atoms with Crippen LogP contribution in [0.1, 0.15) is 25.3 Å². The van der Waals surface area contributed by atoms with Gasteiger partial charge in [-0.25, -0.2) is 17.2 Å². The van der Waals surface area contributed by atoms with Crippen LogP contribution >= 0.6 is 0 Å². The SMILES string of the molecule is CCNCc1c(F)ccc(S(=O)(=O)N(C)C2CC2)c1F. The highest BCUT2D eigenvalue weighted by molar-refractivity contribution is 7.89. The van der Waals surface area contributed by atoms with Crippen LogP contribution in [0.4, 0.5) is 8.78 Å². The van der Waals surface area contributed by atoms with Crippen molar-refractivity contribution in [2.24, 2.45) is 0 Å². The number of hydrogen-bond acceptors (Lipinski definition) is 3. The molecular weight excluding hydrogens is 286 g/mol. The van der Waals surface area contributed by atoms with Gasteiger partial charge in [-0.1, -0.05) is 6.92 Å². The summed E-state index contributed by atoms with van der Waals surface area (Å²) in [5.74, 6) is -1.74. The standard InChI is InChI=1S/C13H18F2N2O2S/c1-3-16-8-10-11(14)6-7-12(13(10)15)20(18,19)17(2)9-4-5-9/h6-7,9,16H,3-5,8H2,1-2H3. The van der Waals surface area contributed by atoms with E-state index in [1.54, 1.807) is 6.92 Å². The van der Waals surface area contributed by atoms with Gasteiger partial charge in [0, 0.05) is 25.2 Å². The summed E-state index contributed by atoms with van der Waals surface area (Å²) in [4.78, 5) is -0.457. The molecule has 0 heterocycles. The number of rotatable bonds is 6. The number of hydrogen-bond donors (Lipinski definition) is 1. The number of nitrogens with zero attached hydrogens (tertiary/aromatic N) is 1. The first-order valence-corrected chi connectivity index (χ1v) is 7.99.